The number of rotatable bonds is 6. The minimum atomic E-state index is -1.07. The minimum Gasteiger partial charge on any atom is -0.480 e. The van der Waals surface area contributed by atoms with E-state index in [0.717, 1.165) is 6.42 Å². The molecule has 1 aliphatic rings. The molecule has 0 aromatic heterocycles. The molecular weight excluding hydrogens is 264 g/mol. The van der Waals surface area contributed by atoms with Gasteiger partial charge in [0.1, 0.15) is 6.04 Å². The third-order valence-corrected chi connectivity index (χ3v) is 3.25. The lowest BCUT2D eigenvalue weighted by Gasteiger charge is -2.35. The molecule has 0 bridgehead atoms. The molecule has 0 aliphatic carbocycles. The first-order chi connectivity index (χ1) is 9.34. The molecule has 0 aromatic rings. The molecule has 2 unspecified atom stereocenters. The van der Waals surface area contributed by atoms with Crippen LogP contribution in [0.2, 0.25) is 0 Å². The molecule has 1 saturated heterocycles. The van der Waals surface area contributed by atoms with E-state index in [4.69, 9.17) is 14.6 Å². The van der Waals surface area contributed by atoms with Crippen LogP contribution in [0.15, 0.2) is 0 Å². The number of hydrogen-bond donors (Lipinski definition) is 3. The molecule has 7 nitrogen and oxygen atoms in total. The fraction of sp³-hybridized carbons (Fsp3) is 0.846. The zero-order valence-electron chi connectivity index (χ0n) is 12.3. The number of nitrogens with one attached hydrogen (secondary N) is 2. The van der Waals surface area contributed by atoms with Crippen molar-refractivity contribution in [1.82, 2.24) is 10.6 Å². The number of amides is 2. The third-order valence-electron chi connectivity index (χ3n) is 3.25. The Morgan fingerprint density at radius 2 is 2.20 bits per heavy atom. The summed E-state index contributed by atoms with van der Waals surface area (Å²) >= 11 is 0. The molecule has 0 saturated carbocycles. The highest BCUT2D eigenvalue weighted by molar-refractivity contribution is 5.82. The van der Waals surface area contributed by atoms with Gasteiger partial charge in [-0.3, -0.25) is 0 Å². The van der Waals surface area contributed by atoms with Gasteiger partial charge < -0.3 is 25.2 Å². The second-order valence-electron chi connectivity index (χ2n) is 5.59. The number of urea groups is 1. The monoisotopic (exact) mass is 288 g/mol. The average molecular weight is 288 g/mol. The Bertz CT molecular complexity index is 346. The van der Waals surface area contributed by atoms with Gasteiger partial charge in [-0.1, -0.05) is 0 Å². The van der Waals surface area contributed by atoms with Crippen LogP contribution in [-0.2, 0) is 14.3 Å². The molecule has 1 fully saturated rings. The van der Waals surface area contributed by atoms with E-state index in [1.807, 2.05) is 13.8 Å². The topological polar surface area (TPSA) is 96.9 Å². The minimum absolute atomic E-state index is 0.00406. The van der Waals surface area contributed by atoms with Crippen molar-refractivity contribution in [2.75, 3.05) is 20.3 Å². The second-order valence-corrected chi connectivity index (χ2v) is 5.59. The van der Waals surface area contributed by atoms with Gasteiger partial charge in [0.15, 0.2) is 0 Å². The highest BCUT2D eigenvalue weighted by atomic mass is 16.5. The molecule has 1 aliphatic heterocycles. The van der Waals surface area contributed by atoms with Crippen molar-refractivity contribution in [2.24, 2.45) is 0 Å². The Hall–Kier alpha value is -1.34. The fourth-order valence-electron chi connectivity index (χ4n) is 2.23. The van der Waals surface area contributed by atoms with Gasteiger partial charge in [0.05, 0.1) is 5.60 Å². The molecule has 3 N–H and O–H groups in total. The van der Waals surface area contributed by atoms with Gasteiger partial charge in [0, 0.05) is 32.8 Å². The lowest BCUT2D eigenvalue weighted by molar-refractivity contribution is -0.139. The number of ether oxygens (including phenoxy) is 2. The van der Waals surface area contributed by atoms with E-state index in [1.165, 1.54) is 7.11 Å². The van der Waals surface area contributed by atoms with Crippen molar-refractivity contribution >= 4 is 12.0 Å². The van der Waals surface area contributed by atoms with E-state index >= 15 is 0 Å². The van der Waals surface area contributed by atoms with Crippen LogP contribution in [0.25, 0.3) is 0 Å². The fourth-order valence-corrected chi connectivity index (χ4v) is 2.23. The van der Waals surface area contributed by atoms with E-state index < -0.39 is 18.0 Å². The lowest BCUT2D eigenvalue weighted by atomic mass is 9.94. The Kier molecular flexibility index (Phi) is 6.22. The van der Waals surface area contributed by atoms with Crippen molar-refractivity contribution in [3.05, 3.63) is 0 Å². The molecule has 1 rings (SSSR count). The van der Waals surface area contributed by atoms with E-state index in [-0.39, 0.29) is 24.7 Å². The molecule has 0 spiro atoms. The van der Waals surface area contributed by atoms with Crippen LogP contribution in [0.5, 0.6) is 0 Å². The molecule has 116 valence electrons. The summed E-state index contributed by atoms with van der Waals surface area (Å²) in [7, 11) is 1.49. The predicted octanol–water partition coefficient (Wildman–Crippen LogP) is 0.733. The van der Waals surface area contributed by atoms with Crippen LogP contribution < -0.4 is 10.6 Å². The molecule has 0 radical (unpaired) electrons. The second kappa shape index (κ2) is 7.44. The summed E-state index contributed by atoms with van der Waals surface area (Å²) in [5.74, 6) is -1.07. The molecule has 2 atom stereocenters. The van der Waals surface area contributed by atoms with Gasteiger partial charge in [0.25, 0.3) is 0 Å². The number of aliphatic carboxylic acids is 1. The molecule has 7 heteroatoms. The van der Waals surface area contributed by atoms with Crippen molar-refractivity contribution in [3.63, 3.8) is 0 Å². The average Bonchev–Trinajstić information content (AvgIpc) is 2.32. The van der Waals surface area contributed by atoms with Gasteiger partial charge in [0.2, 0.25) is 0 Å². The molecule has 20 heavy (non-hydrogen) atoms. The van der Waals surface area contributed by atoms with Gasteiger partial charge in [-0.25, -0.2) is 9.59 Å². The normalized spacial score (nSPS) is 22.9. The zero-order chi connectivity index (χ0) is 15.2. The highest BCUT2D eigenvalue weighted by Crippen LogP contribution is 2.23. The maximum atomic E-state index is 11.8. The van der Waals surface area contributed by atoms with E-state index in [9.17, 15) is 9.59 Å². The smallest absolute Gasteiger partial charge is 0.326 e. The van der Waals surface area contributed by atoms with Crippen LogP contribution in [0.1, 0.15) is 33.1 Å². The Morgan fingerprint density at radius 1 is 1.50 bits per heavy atom. The van der Waals surface area contributed by atoms with Crippen molar-refractivity contribution in [3.8, 4) is 0 Å². The SMILES string of the molecule is COCCC(NC(=O)NC1CCOC(C)(C)C1)C(=O)O. The Morgan fingerprint density at radius 3 is 2.75 bits per heavy atom. The van der Waals surface area contributed by atoms with Gasteiger partial charge >= 0.3 is 12.0 Å². The van der Waals surface area contributed by atoms with Crippen LogP contribution in [0.3, 0.4) is 0 Å². The summed E-state index contributed by atoms with van der Waals surface area (Å²) in [4.78, 5) is 22.9. The predicted molar refractivity (Wildman–Crippen MR) is 72.6 cm³/mol. The number of carboxylic acid groups (broad SMARTS) is 1. The van der Waals surface area contributed by atoms with Gasteiger partial charge in [-0.2, -0.15) is 0 Å². The first-order valence-electron chi connectivity index (χ1n) is 6.77. The number of carboxylic acids is 1. The van der Waals surface area contributed by atoms with Gasteiger partial charge in [-0.05, 0) is 26.7 Å². The third kappa shape index (κ3) is 5.75. The van der Waals surface area contributed by atoms with E-state index in [0.29, 0.717) is 13.0 Å². The van der Waals surface area contributed by atoms with Crippen LogP contribution in [0, 0.1) is 0 Å². The summed E-state index contributed by atoms with van der Waals surface area (Å²) in [5.41, 5.74) is -0.265. The summed E-state index contributed by atoms with van der Waals surface area (Å²) in [6, 6.07) is -1.41. The molecule has 0 aromatic carbocycles. The van der Waals surface area contributed by atoms with Crippen LogP contribution in [0.4, 0.5) is 4.79 Å². The Labute approximate surface area is 119 Å². The highest BCUT2D eigenvalue weighted by Gasteiger charge is 2.30. The quantitative estimate of drug-likeness (QED) is 0.669. The largest absolute Gasteiger partial charge is 0.480 e. The maximum Gasteiger partial charge on any atom is 0.326 e. The number of methoxy groups -OCH3 is 1. The summed E-state index contributed by atoms with van der Waals surface area (Å²) < 4.78 is 10.4. The summed E-state index contributed by atoms with van der Waals surface area (Å²) in [6.07, 6.45) is 1.67. The molecule has 2 amide bonds. The first-order valence-corrected chi connectivity index (χ1v) is 6.77. The van der Waals surface area contributed by atoms with Crippen LogP contribution in [-0.4, -0.2) is 55.1 Å². The number of carbonyl (C=O) groups is 2. The molecular formula is C13H24N2O5. The lowest BCUT2D eigenvalue weighted by Crippen LogP contribution is -2.52. The van der Waals surface area contributed by atoms with Gasteiger partial charge in [-0.15, -0.1) is 0 Å². The standard InChI is InChI=1S/C13H24N2O5/c1-13(2)8-9(4-7-20-13)14-12(18)15-10(11(16)17)5-6-19-3/h9-10H,4-8H2,1-3H3,(H,16,17)(H2,14,15,18). The van der Waals surface area contributed by atoms with E-state index in [1.54, 1.807) is 0 Å². The van der Waals surface area contributed by atoms with Crippen molar-refractivity contribution in [1.29, 1.82) is 0 Å². The number of carbonyl (C=O) groups excluding carboxylic acids is 1. The van der Waals surface area contributed by atoms with Crippen molar-refractivity contribution < 1.29 is 24.2 Å². The first kappa shape index (κ1) is 16.7. The Balaban J connectivity index is 2.43. The maximum absolute atomic E-state index is 11.8. The molecule has 1 heterocycles. The summed E-state index contributed by atoms with van der Waals surface area (Å²) in [6.45, 7) is 4.81. The van der Waals surface area contributed by atoms with Crippen LogP contribution >= 0.6 is 0 Å². The number of hydrogen-bond acceptors (Lipinski definition) is 4. The summed E-state index contributed by atoms with van der Waals surface area (Å²) in [5, 5.41) is 14.3. The van der Waals surface area contributed by atoms with Crippen molar-refractivity contribution in [2.45, 2.75) is 50.8 Å². The van der Waals surface area contributed by atoms with E-state index in [2.05, 4.69) is 10.6 Å². The zero-order valence-corrected chi connectivity index (χ0v) is 12.3.